The summed E-state index contributed by atoms with van der Waals surface area (Å²) in [6.07, 6.45) is 2.46. The van der Waals surface area contributed by atoms with E-state index in [1.54, 1.807) is 16.7 Å². The van der Waals surface area contributed by atoms with Crippen molar-refractivity contribution in [3.05, 3.63) is 0 Å². The monoisotopic (exact) mass is 286 g/mol. The molecule has 0 saturated carbocycles. The van der Waals surface area contributed by atoms with Crippen molar-refractivity contribution in [3.63, 3.8) is 0 Å². The highest BCUT2D eigenvalue weighted by atomic mass is 32.2. The van der Waals surface area contributed by atoms with E-state index in [0.29, 0.717) is 24.0 Å². The van der Waals surface area contributed by atoms with Crippen LogP contribution in [0.4, 0.5) is 0 Å². The minimum atomic E-state index is -0.282. The van der Waals surface area contributed by atoms with E-state index in [2.05, 4.69) is 26.1 Å². The highest BCUT2D eigenvalue weighted by Crippen LogP contribution is 2.22. The van der Waals surface area contributed by atoms with Gasteiger partial charge in [0.1, 0.15) is 6.04 Å². The second kappa shape index (κ2) is 7.78. The van der Waals surface area contributed by atoms with E-state index in [0.717, 1.165) is 12.8 Å². The normalized spacial score (nSPS) is 20.7. The molecular formula is C14H26N2O2S. The van der Waals surface area contributed by atoms with E-state index >= 15 is 0 Å². The molecule has 1 aliphatic heterocycles. The molecule has 0 bridgehead atoms. The van der Waals surface area contributed by atoms with E-state index < -0.39 is 0 Å². The molecule has 2 atom stereocenters. The Balaban J connectivity index is 2.55. The summed E-state index contributed by atoms with van der Waals surface area (Å²) in [5, 5.41) is 3.02. The summed E-state index contributed by atoms with van der Waals surface area (Å²) in [5.41, 5.74) is 0. The predicted molar refractivity (Wildman–Crippen MR) is 79.9 cm³/mol. The summed E-state index contributed by atoms with van der Waals surface area (Å²) in [5.74, 6) is 1.88. The van der Waals surface area contributed by atoms with Crippen LogP contribution >= 0.6 is 11.8 Å². The average molecular weight is 286 g/mol. The molecule has 1 saturated heterocycles. The third kappa shape index (κ3) is 4.71. The number of hydrogen-bond donors (Lipinski definition) is 1. The second-order valence-corrected chi connectivity index (χ2v) is 6.52. The first-order valence-electron chi connectivity index (χ1n) is 7.15. The number of carbonyl (C=O) groups is 2. The SMILES string of the molecule is CCCCC(=O)N1CSCC1C(=O)NC(C)C(C)C. The molecule has 0 radical (unpaired) electrons. The molecule has 19 heavy (non-hydrogen) atoms. The van der Waals surface area contributed by atoms with Crippen molar-refractivity contribution in [2.24, 2.45) is 5.92 Å². The predicted octanol–water partition coefficient (Wildman–Crippen LogP) is 2.24. The lowest BCUT2D eigenvalue weighted by atomic mass is 10.1. The molecule has 2 unspecified atom stereocenters. The molecule has 1 fully saturated rings. The van der Waals surface area contributed by atoms with Crippen LogP contribution < -0.4 is 5.32 Å². The molecule has 0 spiro atoms. The lowest BCUT2D eigenvalue weighted by Gasteiger charge is -2.26. The third-order valence-electron chi connectivity index (χ3n) is 3.62. The minimum absolute atomic E-state index is 0.00366. The molecule has 5 heteroatoms. The van der Waals surface area contributed by atoms with Gasteiger partial charge in [0.15, 0.2) is 0 Å². The van der Waals surface area contributed by atoms with Gasteiger partial charge >= 0.3 is 0 Å². The van der Waals surface area contributed by atoms with Crippen LogP contribution in [-0.2, 0) is 9.59 Å². The zero-order chi connectivity index (χ0) is 14.4. The van der Waals surface area contributed by atoms with Gasteiger partial charge in [0.05, 0.1) is 5.88 Å². The Kier molecular flexibility index (Phi) is 6.69. The van der Waals surface area contributed by atoms with E-state index in [9.17, 15) is 9.59 Å². The van der Waals surface area contributed by atoms with Gasteiger partial charge in [-0.2, -0.15) is 0 Å². The fraction of sp³-hybridized carbons (Fsp3) is 0.857. The zero-order valence-corrected chi connectivity index (χ0v) is 13.3. The van der Waals surface area contributed by atoms with E-state index in [1.807, 2.05) is 6.92 Å². The van der Waals surface area contributed by atoms with Gasteiger partial charge in [-0.25, -0.2) is 0 Å². The van der Waals surface area contributed by atoms with Crippen LogP contribution in [0.2, 0.25) is 0 Å². The third-order valence-corrected chi connectivity index (χ3v) is 4.63. The van der Waals surface area contributed by atoms with Crippen molar-refractivity contribution in [3.8, 4) is 0 Å². The summed E-state index contributed by atoms with van der Waals surface area (Å²) in [4.78, 5) is 26.0. The Morgan fingerprint density at radius 2 is 2.05 bits per heavy atom. The van der Waals surface area contributed by atoms with Crippen LogP contribution in [0.15, 0.2) is 0 Å². The summed E-state index contributed by atoms with van der Waals surface area (Å²) in [6.45, 7) is 8.24. The Morgan fingerprint density at radius 3 is 2.63 bits per heavy atom. The molecule has 1 N–H and O–H groups in total. The van der Waals surface area contributed by atoms with Crippen LogP contribution in [0.3, 0.4) is 0 Å². The van der Waals surface area contributed by atoms with Gasteiger partial charge in [-0.1, -0.05) is 27.2 Å². The van der Waals surface area contributed by atoms with Crippen molar-refractivity contribution >= 4 is 23.6 Å². The molecule has 0 aliphatic carbocycles. The topological polar surface area (TPSA) is 49.4 Å². The molecule has 0 aromatic carbocycles. The fourth-order valence-electron chi connectivity index (χ4n) is 1.86. The average Bonchev–Trinajstić information content (AvgIpc) is 2.84. The maximum Gasteiger partial charge on any atom is 0.243 e. The standard InChI is InChI=1S/C14H26N2O2S/c1-5-6-7-13(17)16-9-19-8-12(16)14(18)15-11(4)10(2)3/h10-12H,5-9H2,1-4H3,(H,15,18). The fourth-order valence-corrected chi connectivity index (χ4v) is 3.05. The first-order valence-corrected chi connectivity index (χ1v) is 8.30. The number of hydrogen-bond acceptors (Lipinski definition) is 3. The molecule has 0 aromatic heterocycles. The molecule has 1 aliphatic rings. The summed E-state index contributed by atoms with van der Waals surface area (Å²) >= 11 is 1.66. The molecule has 1 heterocycles. The minimum Gasteiger partial charge on any atom is -0.352 e. The van der Waals surface area contributed by atoms with Crippen LogP contribution in [0.5, 0.6) is 0 Å². The van der Waals surface area contributed by atoms with Crippen LogP contribution in [0.1, 0.15) is 47.0 Å². The molecule has 4 nitrogen and oxygen atoms in total. The van der Waals surface area contributed by atoms with Crippen LogP contribution in [0.25, 0.3) is 0 Å². The molecule has 2 amide bonds. The van der Waals surface area contributed by atoms with Crippen LogP contribution in [-0.4, -0.2) is 40.4 Å². The first kappa shape index (κ1) is 16.3. The number of unbranched alkanes of at least 4 members (excludes halogenated alkanes) is 1. The molecule has 110 valence electrons. The molecule has 1 rings (SSSR count). The van der Waals surface area contributed by atoms with Gasteiger partial charge in [0.25, 0.3) is 0 Å². The number of nitrogens with zero attached hydrogens (tertiary/aromatic N) is 1. The first-order chi connectivity index (χ1) is 8.97. The quantitative estimate of drug-likeness (QED) is 0.814. The number of rotatable bonds is 6. The van der Waals surface area contributed by atoms with Gasteiger partial charge in [-0.05, 0) is 19.3 Å². The maximum absolute atomic E-state index is 12.2. The van der Waals surface area contributed by atoms with Gasteiger partial charge in [0, 0.05) is 18.2 Å². The summed E-state index contributed by atoms with van der Waals surface area (Å²) < 4.78 is 0. The summed E-state index contributed by atoms with van der Waals surface area (Å²) in [7, 11) is 0. The van der Waals surface area contributed by atoms with Crippen molar-refractivity contribution in [1.29, 1.82) is 0 Å². The highest BCUT2D eigenvalue weighted by molar-refractivity contribution is 7.99. The Labute approximate surface area is 120 Å². The van der Waals surface area contributed by atoms with E-state index in [1.165, 1.54) is 0 Å². The Morgan fingerprint density at radius 1 is 1.37 bits per heavy atom. The van der Waals surface area contributed by atoms with Crippen molar-refractivity contribution in [2.75, 3.05) is 11.6 Å². The largest absolute Gasteiger partial charge is 0.352 e. The summed E-state index contributed by atoms with van der Waals surface area (Å²) in [6, 6.07) is -0.138. The second-order valence-electron chi connectivity index (χ2n) is 5.52. The lowest BCUT2D eigenvalue weighted by molar-refractivity contribution is -0.138. The molecular weight excluding hydrogens is 260 g/mol. The maximum atomic E-state index is 12.2. The Bertz CT molecular complexity index is 321. The van der Waals surface area contributed by atoms with Crippen molar-refractivity contribution in [1.82, 2.24) is 10.2 Å². The smallest absolute Gasteiger partial charge is 0.243 e. The zero-order valence-electron chi connectivity index (χ0n) is 12.4. The van der Waals surface area contributed by atoms with Gasteiger partial charge in [0.2, 0.25) is 11.8 Å². The number of carbonyl (C=O) groups excluding carboxylic acids is 2. The number of nitrogens with one attached hydrogen (secondary N) is 1. The van der Waals surface area contributed by atoms with Crippen molar-refractivity contribution < 1.29 is 9.59 Å². The van der Waals surface area contributed by atoms with Crippen molar-refractivity contribution in [2.45, 2.75) is 59.0 Å². The highest BCUT2D eigenvalue weighted by Gasteiger charge is 2.34. The van der Waals surface area contributed by atoms with Gasteiger partial charge in [-0.15, -0.1) is 11.8 Å². The van der Waals surface area contributed by atoms with E-state index in [-0.39, 0.29) is 23.9 Å². The number of amides is 2. The van der Waals surface area contributed by atoms with E-state index in [4.69, 9.17) is 0 Å². The Hall–Kier alpha value is -0.710. The lowest BCUT2D eigenvalue weighted by Crippen LogP contribution is -2.50. The number of thioether (sulfide) groups is 1. The van der Waals surface area contributed by atoms with Gasteiger partial charge in [-0.3, -0.25) is 9.59 Å². The van der Waals surface area contributed by atoms with Gasteiger partial charge < -0.3 is 10.2 Å². The molecule has 0 aromatic rings. The van der Waals surface area contributed by atoms with Crippen LogP contribution in [0, 0.1) is 5.92 Å².